The second-order valence-corrected chi connectivity index (χ2v) is 7.96. The van der Waals surface area contributed by atoms with Crippen molar-refractivity contribution < 1.29 is 4.79 Å². The molecule has 28 heavy (non-hydrogen) atoms. The Hall–Kier alpha value is -2.78. The fourth-order valence-corrected chi connectivity index (χ4v) is 3.79. The molecule has 0 saturated carbocycles. The number of para-hydroxylation sites is 1. The Balaban J connectivity index is 1.44. The SMILES string of the molecule is NC1=N[C@@H](c2c[nH]c3ccccc23)N=C(SCC(=O)Nc2ccc(Br)cc2)N1. The zero-order valence-corrected chi connectivity index (χ0v) is 17.0. The summed E-state index contributed by atoms with van der Waals surface area (Å²) in [4.78, 5) is 24.4. The number of thioether (sulfide) groups is 1. The number of carbonyl (C=O) groups excluding carboxylic acids is 1. The summed E-state index contributed by atoms with van der Waals surface area (Å²) in [7, 11) is 0. The molecule has 2 aromatic carbocycles. The molecule has 4 rings (SSSR count). The van der Waals surface area contributed by atoms with E-state index in [-0.39, 0.29) is 17.6 Å². The van der Waals surface area contributed by atoms with Crippen molar-refractivity contribution in [2.24, 2.45) is 15.7 Å². The van der Waals surface area contributed by atoms with Gasteiger partial charge in [-0.25, -0.2) is 9.98 Å². The topological polar surface area (TPSA) is 108 Å². The van der Waals surface area contributed by atoms with Crippen LogP contribution in [-0.2, 0) is 4.79 Å². The van der Waals surface area contributed by atoms with Gasteiger partial charge in [-0.05, 0) is 30.3 Å². The van der Waals surface area contributed by atoms with E-state index in [1.165, 1.54) is 11.8 Å². The van der Waals surface area contributed by atoms with E-state index in [1.807, 2.05) is 54.7 Å². The molecule has 1 atom stereocenters. The van der Waals surface area contributed by atoms with E-state index in [0.29, 0.717) is 5.17 Å². The number of aromatic nitrogens is 1. The molecule has 7 nitrogen and oxygen atoms in total. The lowest BCUT2D eigenvalue weighted by atomic mass is 10.1. The van der Waals surface area contributed by atoms with Crippen LogP contribution in [0.15, 0.2) is 69.2 Å². The minimum Gasteiger partial charge on any atom is -0.370 e. The lowest BCUT2D eigenvalue weighted by Gasteiger charge is -2.18. The van der Waals surface area contributed by atoms with Gasteiger partial charge < -0.3 is 21.4 Å². The number of hydrogen-bond donors (Lipinski definition) is 4. The van der Waals surface area contributed by atoms with Crippen molar-refractivity contribution in [3.05, 3.63) is 64.8 Å². The zero-order valence-electron chi connectivity index (χ0n) is 14.6. The first-order chi connectivity index (χ1) is 13.6. The van der Waals surface area contributed by atoms with Gasteiger partial charge in [0.15, 0.2) is 17.3 Å². The number of H-pyrrole nitrogens is 1. The summed E-state index contributed by atoms with van der Waals surface area (Å²) in [5.41, 5.74) is 8.64. The van der Waals surface area contributed by atoms with Crippen molar-refractivity contribution in [1.29, 1.82) is 0 Å². The summed E-state index contributed by atoms with van der Waals surface area (Å²) in [5, 5.41) is 7.39. The van der Waals surface area contributed by atoms with E-state index in [1.54, 1.807) is 0 Å². The van der Waals surface area contributed by atoms with Crippen LogP contribution < -0.4 is 16.4 Å². The highest BCUT2D eigenvalue weighted by Gasteiger charge is 2.20. The van der Waals surface area contributed by atoms with E-state index >= 15 is 0 Å². The number of anilines is 1. The number of aliphatic imine (C=N–C) groups is 2. The summed E-state index contributed by atoms with van der Waals surface area (Å²) in [6.45, 7) is 0. The number of aromatic amines is 1. The van der Waals surface area contributed by atoms with E-state index in [2.05, 4.69) is 41.5 Å². The van der Waals surface area contributed by atoms with Crippen molar-refractivity contribution in [1.82, 2.24) is 10.3 Å². The van der Waals surface area contributed by atoms with Crippen molar-refractivity contribution in [2.45, 2.75) is 6.17 Å². The highest BCUT2D eigenvalue weighted by Crippen LogP contribution is 2.29. The number of nitrogens with two attached hydrogens (primary N) is 1. The van der Waals surface area contributed by atoms with Crippen molar-refractivity contribution in [3.63, 3.8) is 0 Å². The molecular weight excluding hydrogens is 440 g/mol. The summed E-state index contributed by atoms with van der Waals surface area (Å²) in [6, 6.07) is 15.4. The molecule has 0 saturated heterocycles. The highest BCUT2D eigenvalue weighted by atomic mass is 79.9. The van der Waals surface area contributed by atoms with Gasteiger partial charge in [0.25, 0.3) is 0 Å². The third-order valence-corrected chi connectivity index (χ3v) is 5.52. The Kier molecular flexibility index (Phi) is 5.36. The smallest absolute Gasteiger partial charge is 0.234 e. The molecule has 2 heterocycles. The zero-order chi connectivity index (χ0) is 19.5. The Bertz CT molecular complexity index is 1080. The summed E-state index contributed by atoms with van der Waals surface area (Å²) in [5.74, 6) is 0.359. The molecule has 0 bridgehead atoms. The standard InChI is InChI=1S/C19H17BrN6OS/c20-11-5-7-12(8-6-11)23-16(27)10-28-19-25-17(24-18(21)26-19)14-9-22-15-4-2-1-3-13(14)15/h1-9,17,22H,10H2,(H,23,27)(H3,21,24,25,26)/t17-/m1/s1. The lowest BCUT2D eigenvalue weighted by molar-refractivity contribution is -0.113. The number of guanidine groups is 1. The number of rotatable bonds is 4. The van der Waals surface area contributed by atoms with Gasteiger partial charge in [-0.1, -0.05) is 45.9 Å². The molecule has 1 aromatic heterocycles. The monoisotopic (exact) mass is 456 g/mol. The van der Waals surface area contributed by atoms with Gasteiger partial charge in [-0.2, -0.15) is 0 Å². The Morgan fingerprint density at radius 1 is 1.18 bits per heavy atom. The Labute approximate surface area is 174 Å². The third kappa shape index (κ3) is 4.20. The summed E-state index contributed by atoms with van der Waals surface area (Å²) < 4.78 is 0.957. The van der Waals surface area contributed by atoms with Gasteiger partial charge in [0, 0.05) is 32.8 Å². The average molecular weight is 457 g/mol. The van der Waals surface area contributed by atoms with Crippen LogP contribution in [0.3, 0.4) is 0 Å². The number of carbonyl (C=O) groups is 1. The molecule has 0 aliphatic carbocycles. The van der Waals surface area contributed by atoms with Gasteiger partial charge in [-0.3, -0.25) is 4.79 Å². The lowest BCUT2D eigenvalue weighted by Crippen LogP contribution is -2.39. The van der Waals surface area contributed by atoms with Crippen LogP contribution in [0.25, 0.3) is 10.9 Å². The number of hydrogen-bond acceptors (Lipinski definition) is 6. The number of fused-ring (bicyclic) bond motifs is 1. The van der Waals surface area contributed by atoms with E-state index in [9.17, 15) is 4.79 Å². The number of amides is 1. The van der Waals surface area contributed by atoms with E-state index in [4.69, 9.17) is 5.73 Å². The van der Waals surface area contributed by atoms with E-state index < -0.39 is 6.17 Å². The number of halogens is 1. The van der Waals surface area contributed by atoms with Crippen LogP contribution in [0.1, 0.15) is 11.7 Å². The highest BCUT2D eigenvalue weighted by molar-refractivity contribution is 9.10. The molecular formula is C19H17BrN6OS. The van der Waals surface area contributed by atoms with Crippen molar-refractivity contribution in [2.75, 3.05) is 11.1 Å². The van der Waals surface area contributed by atoms with Crippen LogP contribution in [0, 0.1) is 0 Å². The first kappa shape index (κ1) is 18.6. The second-order valence-electron chi connectivity index (χ2n) is 6.08. The molecule has 5 N–H and O–H groups in total. The van der Waals surface area contributed by atoms with Crippen molar-refractivity contribution >= 4 is 61.3 Å². The minimum atomic E-state index is -0.450. The largest absolute Gasteiger partial charge is 0.370 e. The summed E-state index contributed by atoms with van der Waals surface area (Å²) in [6.07, 6.45) is 1.44. The number of nitrogens with one attached hydrogen (secondary N) is 3. The Morgan fingerprint density at radius 2 is 1.96 bits per heavy atom. The van der Waals surface area contributed by atoms with Gasteiger partial charge in [-0.15, -0.1) is 0 Å². The molecule has 0 spiro atoms. The molecule has 0 fully saturated rings. The molecule has 9 heteroatoms. The molecule has 142 valence electrons. The first-order valence-electron chi connectivity index (χ1n) is 8.51. The predicted molar refractivity (Wildman–Crippen MR) is 118 cm³/mol. The maximum Gasteiger partial charge on any atom is 0.234 e. The fourth-order valence-electron chi connectivity index (χ4n) is 2.83. The molecule has 0 radical (unpaired) electrons. The van der Waals surface area contributed by atoms with Gasteiger partial charge in [0.1, 0.15) is 0 Å². The van der Waals surface area contributed by atoms with Crippen LogP contribution in [0.4, 0.5) is 5.69 Å². The number of amidine groups is 1. The number of nitrogens with zero attached hydrogens (tertiary/aromatic N) is 2. The van der Waals surface area contributed by atoms with E-state index in [0.717, 1.165) is 26.6 Å². The molecule has 3 aromatic rings. The summed E-state index contributed by atoms with van der Waals surface area (Å²) >= 11 is 4.66. The minimum absolute atomic E-state index is 0.124. The maximum atomic E-state index is 12.2. The third-order valence-electron chi connectivity index (χ3n) is 4.10. The normalized spacial score (nSPS) is 16.2. The van der Waals surface area contributed by atoms with Crippen molar-refractivity contribution in [3.8, 4) is 0 Å². The van der Waals surface area contributed by atoms with Crippen LogP contribution in [0.2, 0.25) is 0 Å². The van der Waals surface area contributed by atoms with Gasteiger partial charge in [0.2, 0.25) is 5.91 Å². The number of benzene rings is 2. The fraction of sp³-hybridized carbons (Fsp3) is 0.105. The predicted octanol–water partition coefficient (Wildman–Crippen LogP) is 3.57. The van der Waals surface area contributed by atoms with Gasteiger partial charge in [0.05, 0.1) is 5.75 Å². The second kappa shape index (κ2) is 8.07. The average Bonchev–Trinajstić information content (AvgIpc) is 3.12. The molecule has 1 amide bonds. The van der Waals surface area contributed by atoms with Crippen LogP contribution >= 0.6 is 27.7 Å². The maximum absolute atomic E-state index is 12.2. The van der Waals surface area contributed by atoms with Crippen LogP contribution in [-0.4, -0.2) is 27.8 Å². The Morgan fingerprint density at radius 3 is 2.79 bits per heavy atom. The molecule has 0 unspecified atom stereocenters. The molecule has 1 aliphatic rings. The quantitative estimate of drug-likeness (QED) is 0.481. The first-order valence-corrected chi connectivity index (χ1v) is 10.3. The van der Waals surface area contributed by atoms with Crippen LogP contribution in [0.5, 0.6) is 0 Å². The van der Waals surface area contributed by atoms with Gasteiger partial charge >= 0.3 is 0 Å². The molecule has 1 aliphatic heterocycles.